The Morgan fingerprint density at radius 3 is 2.46 bits per heavy atom. The standard InChI is InChI=1S/C41H47N3O2/c1-25-19-29(44-34-16-15-28(39(4,5)6)22-33(34)40(7,8)32-13-12-18-42-37(32)44)23-30(20-25)45-35-24-31(26(2)21-27(35)3)38-43-41(9)17-11-10-14-36(41)46-38/h12-13,15-16,18-24,36H,10-11,14,17H2,1-9H3/t36-,41-/m0/s1. The molecule has 1 fully saturated rings. The zero-order valence-electron chi connectivity index (χ0n) is 28.9. The summed E-state index contributed by atoms with van der Waals surface area (Å²) in [5.74, 6) is 3.32. The van der Waals surface area contributed by atoms with Gasteiger partial charge >= 0.3 is 0 Å². The van der Waals surface area contributed by atoms with Crippen molar-refractivity contribution >= 4 is 23.1 Å². The molecule has 0 bridgehead atoms. The summed E-state index contributed by atoms with van der Waals surface area (Å²) in [5.41, 5.74) is 10.1. The smallest absolute Gasteiger partial charge is 0.217 e. The fourth-order valence-electron chi connectivity index (χ4n) is 7.61. The maximum absolute atomic E-state index is 6.74. The summed E-state index contributed by atoms with van der Waals surface area (Å²) in [5, 5.41) is 0. The number of benzene rings is 3. The lowest BCUT2D eigenvalue weighted by Gasteiger charge is -2.41. The van der Waals surface area contributed by atoms with Crippen LogP contribution in [0.3, 0.4) is 0 Å². The number of hydrogen-bond acceptors (Lipinski definition) is 5. The Labute approximate surface area is 274 Å². The fraction of sp³-hybridized carbons (Fsp3) is 0.415. The van der Waals surface area contributed by atoms with Crippen molar-refractivity contribution in [3.8, 4) is 11.5 Å². The fourth-order valence-corrected chi connectivity index (χ4v) is 7.61. The van der Waals surface area contributed by atoms with Crippen LogP contribution in [0.2, 0.25) is 0 Å². The minimum Gasteiger partial charge on any atom is -0.472 e. The first-order chi connectivity index (χ1) is 21.7. The highest BCUT2D eigenvalue weighted by atomic mass is 16.5. The number of aromatic nitrogens is 1. The van der Waals surface area contributed by atoms with E-state index in [1.165, 1.54) is 29.5 Å². The maximum atomic E-state index is 6.74. The van der Waals surface area contributed by atoms with Crippen molar-refractivity contribution in [2.75, 3.05) is 4.90 Å². The van der Waals surface area contributed by atoms with E-state index in [1.54, 1.807) is 0 Å². The molecule has 2 atom stereocenters. The Morgan fingerprint density at radius 2 is 1.70 bits per heavy atom. The van der Waals surface area contributed by atoms with Crippen LogP contribution in [0.4, 0.5) is 17.2 Å². The van der Waals surface area contributed by atoms with Gasteiger partial charge in [0.05, 0.1) is 16.9 Å². The predicted molar refractivity (Wildman–Crippen MR) is 189 cm³/mol. The second-order valence-corrected chi connectivity index (χ2v) is 15.5. The van der Waals surface area contributed by atoms with E-state index in [0.29, 0.717) is 0 Å². The van der Waals surface area contributed by atoms with Crippen LogP contribution in [0.1, 0.15) is 106 Å². The average molecular weight is 614 g/mol. The molecule has 5 nitrogen and oxygen atoms in total. The van der Waals surface area contributed by atoms with Crippen LogP contribution in [-0.2, 0) is 15.6 Å². The first-order valence-corrected chi connectivity index (χ1v) is 16.8. The number of ether oxygens (including phenoxy) is 2. The van der Waals surface area contributed by atoms with Gasteiger partial charge in [-0.1, -0.05) is 65.3 Å². The monoisotopic (exact) mass is 613 g/mol. The van der Waals surface area contributed by atoms with Gasteiger partial charge in [0, 0.05) is 28.8 Å². The van der Waals surface area contributed by atoms with E-state index in [0.717, 1.165) is 69.7 Å². The van der Waals surface area contributed by atoms with Crippen molar-refractivity contribution in [3.63, 3.8) is 0 Å². The zero-order chi connectivity index (χ0) is 32.6. The summed E-state index contributed by atoms with van der Waals surface area (Å²) in [6.45, 7) is 20.1. The van der Waals surface area contributed by atoms with Gasteiger partial charge in [0.25, 0.3) is 0 Å². The first-order valence-electron chi connectivity index (χ1n) is 16.8. The minimum absolute atomic E-state index is 0.0467. The number of fused-ring (bicyclic) bond motifs is 3. The number of aliphatic imine (C=N–C) groups is 1. The van der Waals surface area contributed by atoms with Crippen molar-refractivity contribution in [2.24, 2.45) is 4.99 Å². The van der Waals surface area contributed by atoms with E-state index in [9.17, 15) is 0 Å². The summed E-state index contributed by atoms with van der Waals surface area (Å²) < 4.78 is 13.2. The Kier molecular flexibility index (Phi) is 7.11. The van der Waals surface area contributed by atoms with Gasteiger partial charge in [-0.15, -0.1) is 0 Å². The highest BCUT2D eigenvalue weighted by Gasteiger charge is 2.44. The van der Waals surface area contributed by atoms with Gasteiger partial charge in [-0.3, -0.25) is 4.90 Å². The molecule has 4 aromatic rings. The lowest BCUT2D eigenvalue weighted by Crippen LogP contribution is -2.37. The predicted octanol–water partition coefficient (Wildman–Crippen LogP) is 10.7. The van der Waals surface area contributed by atoms with Crippen LogP contribution >= 0.6 is 0 Å². The molecule has 1 saturated carbocycles. The second kappa shape index (κ2) is 10.7. The van der Waals surface area contributed by atoms with Crippen LogP contribution in [-0.4, -0.2) is 22.5 Å². The summed E-state index contributed by atoms with van der Waals surface area (Å²) >= 11 is 0. The van der Waals surface area contributed by atoms with Crippen molar-refractivity contribution in [2.45, 2.75) is 110 Å². The van der Waals surface area contributed by atoms with Crippen LogP contribution < -0.4 is 9.64 Å². The summed E-state index contributed by atoms with van der Waals surface area (Å²) in [6, 6.07) is 22.0. The number of nitrogens with zero attached hydrogens (tertiary/aromatic N) is 3. The lowest BCUT2D eigenvalue weighted by molar-refractivity contribution is 0.104. The molecular formula is C41H47N3O2. The van der Waals surface area contributed by atoms with Gasteiger partial charge in [-0.25, -0.2) is 9.98 Å². The first kappa shape index (κ1) is 30.5. The van der Waals surface area contributed by atoms with Gasteiger partial charge in [0.1, 0.15) is 23.4 Å². The van der Waals surface area contributed by atoms with Crippen LogP contribution in [0, 0.1) is 20.8 Å². The van der Waals surface area contributed by atoms with Crippen molar-refractivity contribution in [1.82, 2.24) is 4.98 Å². The molecule has 0 N–H and O–H groups in total. The van der Waals surface area contributed by atoms with E-state index in [2.05, 4.69) is 122 Å². The number of rotatable bonds is 4. The molecule has 0 radical (unpaired) electrons. The van der Waals surface area contributed by atoms with Gasteiger partial charge in [-0.05, 0) is 111 Å². The maximum Gasteiger partial charge on any atom is 0.217 e. The minimum atomic E-state index is -0.200. The molecule has 3 aliphatic rings. The molecule has 0 amide bonds. The molecule has 0 unspecified atom stereocenters. The Hall–Kier alpha value is -4.12. The van der Waals surface area contributed by atoms with Gasteiger partial charge < -0.3 is 9.47 Å². The van der Waals surface area contributed by atoms with Crippen molar-refractivity contribution < 1.29 is 9.47 Å². The van der Waals surface area contributed by atoms with E-state index >= 15 is 0 Å². The molecule has 238 valence electrons. The summed E-state index contributed by atoms with van der Waals surface area (Å²) in [6.07, 6.45) is 6.61. The third kappa shape index (κ3) is 5.09. The van der Waals surface area contributed by atoms with E-state index in [-0.39, 0.29) is 22.5 Å². The van der Waals surface area contributed by atoms with E-state index < -0.39 is 0 Å². The van der Waals surface area contributed by atoms with Gasteiger partial charge in [0.2, 0.25) is 5.90 Å². The molecule has 1 aromatic heterocycles. The number of anilines is 3. The van der Waals surface area contributed by atoms with Gasteiger partial charge in [-0.2, -0.15) is 0 Å². The number of aryl methyl sites for hydroxylation is 3. The van der Waals surface area contributed by atoms with Gasteiger partial charge in [0.15, 0.2) is 0 Å². The van der Waals surface area contributed by atoms with Crippen molar-refractivity contribution in [1.29, 1.82) is 0 Å². The summed E-state index contributed by atoms with van der Waals surface area (Å²) in [4.78, 5) is 12.4. The van der Waals surface area contributed by atoms with E-state index in [1.807, 2.05) is 12.3 Å². The van der Waals surface area contributed by atoms with Crippen molar-refractivity contribution in [3.05, 3.63) is 106 Å². The molecule has 1 aliphatic carbocycles. The highest BCUT2D eigenvalue weighted by molar-refractivity contribution is 5.97. The Balaban J connectivity index is 1.30. The average Bonchev–Trinajstić information content (AvgIpc) is 3.35. The van der Waals surface area contributed by atoms with E-state index in [4.69, 9.17) is 19.5 Å². The molecule has 2 aliphatic heterocycles. The lowest BCUT2D eigenvalue weighted by atomic mass is 9.72. The molecule has 0 saturated heterocycles. The number of hydrogen-bond donors (Lipinski definition) is 0. The third-order valence-electron chi connectivity index (χ3n) is 10.4. The van der Waals surface area contributed by atoms with Crippen LogP contribution in [0.15, 0.2) is 71.9 Å². The molecular weight excluding hydrogens is 566 g/mol. The quantitative estimate of drug-likeness (QED) is 0.230. The SMILES string of the molecule is Cc1cc(Oc2cc(C3=N[C@@]4(C)CCCC[C@@H]4O3)c(C)cc2C)cc(N2c3ccc(C(C)(C)C)cc3C(C)(C)c3cccnc32)c1. The normalized spacial score (nSPS) is 21.5. The molecule has 3 heterocycles. The molecule has 46 heavy (non-hydrogen) atoms. The zero-order valence-corrected chi connectivity index (χ0v) is 28.9. The molecule has 7 rings (SSSR count). The Bertz CT molecular complexity index is 1880. The molecule has 0 spiro atoms. The van der Waals surface area contributed by atoms with Crippen LogP contribution in [0.5, 0.6) is 11.5 Å². The topological polar surface area (TPSA) is 47.0 Å². The molecule has 5 heteroatoms. The van der Waals surface area contributed by atoms with Crippen LogP contribution in [0.25, 0.3) is 0 Å². The number of pyridine rings is 1. The highest BCUT2D eigenvalue weighted by Crippen LogP contribution is 2.52. The largest absolute Gasteiger partial charge is 0.472 e. The molecule has 3 aromatic carbocycles. The Morgan fingerprint density at radius 1 is 0.891 bits per heavy atom. The summed E-state index contributed by atoms with van der Waals surface area (Å²) in [7, 11) is 0. The second-order valence-electron chi connectivity index (χ2n) is 15.5. The third-order valence-corrected chi connectivity index (χ3v) is 10.4.